The SMILES string of the molecule is CC(=O)/C=C(/C)O.NC(CO)(CO)CO.[Y]. The number of hydrogen-bond acceptors (Lipinski definition) is 6. The fourth-order valence-electron chi connectivity index (χ4n) is 0.444. The number of nitrogens with two attached hydrogens (primary N) is 1. The molecule has 0 aromatic rings. The molecule has 0 atom stereocenters. The fraction of sp³-hybridized carbons (Fsp3) is 0.667. The number of carbonyl (C=O) groups excluding carboxylic acids is 1. The topological polar surface area (TPSA) is 124 Å². The van der Waals surface area contributed by atoms with Crippen molar-refractivity contribution < 1.29 is 57.9 Å². The van der Waals surface area contributed by atoms with E-state index in [1.54, 1.807) is 0 Å². The van der Waals surface area contributed by atoms with Gasteiger partial charge in [-0.05, 0) is 13.8 Å². The summed E-state index contributed by atoms with van der Waals surface area (Å²) in [5.41, 5.74) is 3.94. The number of aliphatic hydroxyl groups is 4. The Kier molecular flexibility index (Phi) is 15.6. The molecular weight excluding hydrogens is 291 g/mol. The van der Waals surface area contributed by atoms with E-state index in [-0.39, 0.29) is 44.3 Å². The van der Waals surface area contributed by atoms with Crippen LogP contribution in [-0.4, -0.2) is 51.6 Å². The van der Waals surface area contributed by atoms with Gasteiger partial charge >= 0.3 is 0 Å². The standard InChI is InChI=1S/C5H8O2.C4H11NO3.Y/c1-4(6)3-5(2)7;5-4(1-6,2-7)3-8;/h3,6H,1-2H3;6-8H,1-3,5H2;/b4-3-;;. The Labute approximate surface area is 120 Å². The number of hydrogen-bond donors (Lipinski definition) is 5. The second-order valence-electron chi connectivity index (χ2n) is 3.23. The van der Waals surface area contributed by atoms with Crippen molar-refractivity contribution in [2.24, 2.45) is 5.73 Å². The Balaban J connectivity index is -0.000000200. The molecule has 0 aromatic carbocycles. The van der Waals surface area contributed by atoms with Gasteiger partial charge in [-0.15, -0.1) is 0 Å². The van der Waals surface area contributed by atoms with Gasteiger partial charge < -0.3 is 26.2 Å². The molecule has 6 N–H and O–H groups in total. The second kappa shape index (κ2) is 11.6. The largest absolute Gasteiger partial charge is 0.512 e. The summed E-state index contributed by atoms with van der Waals surface area (Å²) >= 11 is 0. The molecule has 0 unspecified atom stereocenters. The molecule has 0 fully saturated rings. The van der Waals surface area contributed by atoms with E-state index >= 15 is 0 Å². The normalized spacial score (nSPS) is 11.0. The summed E-state index contributed by atoms with van der Waals surface area (Å²) < 4.78 is 0. The average Bonchev–Trinajstić information content (AvgIpc) is 2.15. The van der Waals surface area contributed by atoms with E-state index < -0.39 is 25.4 Å². The molecule has 0 saturated heterocycles. The molecule has 0 aliphatic carbocycles. The molecule has 0 rings (SSSR count). The Morgan fingerprint density at radius 3 is 1.50 bits per heavy atom. The minimum Gasteiger partial charge on any atom is -0.512 e. The van der Waals surface area contributed by atoms with Gasteiger partial charge in [0.1, 0.15) is 0 Å². The third-order valence-electron chi connectivity index (χ3n) is 1.36. The Morgan fingerprint density at radius 1 is 1.19 bits per heavy atom. The van der Waals surface area contributed by atoms with Crippen LogP contribution in [0, 0.1) is 0 Å². The predicted octanol–water partition coefficient (Wildman–Crippen LogP) is -1.30. The van der Waals surface area contributed by atoms with Crippen molar-refractivity contribution in [3.05, 3.63) is 11.8 Å². The van der Waals surface area contributed by atoms with E-state index in [0.717, 1.165) is 0 Å². The molecule has 0 heterocycles. The van der Waals surface area contributed by atoms with E-state index in [2.05, 4.69) is 0 Å². The number of ketones is 1. The van der Waals surface area contributed by atoms with E-state index in [1.165, 1.54) is 19.9 Å². The van der Waals surface area contributed by atoms with Crippen LogP contribution < -0.4 is 5.73 Å². The van der Waals surface area contributed by atoms with Crippen molar-refractivity contribution in [3.63, 3.8) is 0 Å². The van der Waals surface area contributed by atoms with Gasteiger partial charge in [0, 0.05) is 38.8 Å². The van der Waals surface area contributed by atoms with E-state index in [9.17, 15) is 4.79 Å². The van der Waals surface area contributed by atoms with Gasteiger partial charge in [0.2, 0.25) is 0 Å². The minimum absolute atomic E-state index is 0. The smallest absolute Gasteiger partial charge is 0.155 e. The van der Waals surface area contributed by atoms with Gasteiger partial charge in [-0.1, -0.05) is 0 Å². The Morgan fingerprint density at radius 2 is 1.50 bits per heavy atom. The molecule has 1 radical (unpaired) electrons. The van der Waals surface area contributed by atoms with Gasteiger partial charge in [-0.3, -0.25) is 4.79 Å². The van der Waals surface area contributed by atoms with Crippen molar-refractivity contribution in [2.45, 2.75) is 19.4 Å². The van der Waals surface area contributed by atoms with Gasteiger partial charge in [0.25, 0.3) is 0 Å². The zero-order valence-corrected chi connectivity index (χ0v) is 12.4. The molecule has 0 aromatic heterocycles. The van der Waals surface area contributed by atoms with Crippen LogP contribution in [0.3, 0.4) is 0 Å². The number of aliphatic hydroxyl groups excluding tert-OH is 4. The quantitative estimate of drug-likeness (QED) is 0.325. The molecule has 0 aliphatic heterocycles. The first-order valence-electron chi connectivity index (χ1n) is 4.30. The van der Waals surface area contributed by atoms with E-state index in [0.29, 0.717) is 0 Å². The first-order chi connectivity index (χ1) is 6.81. The third kappa shape index (κ3) is 14.2. The number of rotatable bonds is 4. The van der Waals surface area contributed by atoms with Crippen LogP contribution in [0.15, 0.2) is 11.8 Å². The summed E-state index contributed by atoms with van der Waals surface area (Å²) in [4.78, 5) is 10.0. The van der Waals surface area contributed by atoms with Crippen molar-refractivity contribution in [1.29, 1.82) is 0 Å². The van der Waals surface area contributed by atoms with Crippen LogP contribution in [0.5, 0.6) is 0 Å². The molecule has 0 spiro atoms. The van der Waals surface area contributed by atoms with Crippen LogP contribution in [0.25, 0.3) is 0 Å². The first kappa shape index (κ1) is 21.4. The molecule has 16 heavy (non-hydrogen) atoms. The van der Waals surface area contributed by atoms with Crippen LogP contribution in [0.2, 0.25) is 0 Å². The Bertz CT molecular complexity index is 204. The van der Waals surface area contributed by atoms with Gasteiger partial charge in [0.05, 0.1) is 31.1 Å². The zero-order chi connectivity index (χ0) is 12.5. The van der Waals surface area contributed by atoms with Crippen LogP contribution in [-0.2, 0) is 37.5 Å². The van der Waals surface area contributed by atoms with Gasteiger partial charge in [-0.2, -0.15) is 0 Å². The van der Waals surface area contributed by atoms with Crippen molar-refractivity contribution >= 4 is 5.78 Å². The number of allylic oxidation sites excluding steroid dienone is 2. The summed E-state index contributed by atoms with van der Waals surface area (Å²) in [6, 6.07) is 0. The van der Waals surface area contributed by atoms with Gasteiger partial charge in [0.15, 0.2) is 5.78 Å². The monoisotopic (exact) mass is 310 g/mol. The average molecular weight is 310 g/mol. The molecule has 6 nitrogen and oxygen atoms in total. The minimum atomic E-state index is -1.21. The van der Waals surface area contributed by atoms with Crippen molar-refractivity contribution in [2.75, 3.05) is 19.8 Å². The third-order valence-corrected chi connectivity index (χ3v) is 1.36. The Hall–Kier alpha value is 0.154. The summed E-state index contributed by atoms with van der Waals surface area (Å²) in [5, 5.41) is 33.4. The van der Waals surface area contributed by atoms with E-state index in [4.69, 9.17) is 26.2 Å². The predicted molar refractivity (Wildman–Crippen MR) is 55.2 cm³/mol. The number of carbonyl (C=O) groups is 1. The molecule has 0 saturated carbocycles. The maximum Gasteiger partial charge on any atom is 0.155 e. The van der Waals surface area contributed by atoms with Crippen LogP contribution in [0.1, 0.15) is 13.8 Å². The summed E-state index contributed by atoms with van der Waals surface area (Å²) in [5.74, 6) is -0.0625. The molecule has 0 aliphatic rings. The van der Waals surface area contributed by atoms with Gasteiger partial charge in [-0.25, -0.2) is 0 Å². The molecule has 0 bridgehead atoms. The molecular formula is C9H19NO5Y. The van der Waals surface area contributed by atoms with E-state index in [1.807, 2.05) is 0 Å². The summed E-state index contributed by atoms with van der Waals surface area (Å²) in [7, 11) is 0. The zero-order valence-electron chi connectivity index (χ0n) is 9.55. The van der Waals surface area contributed by atoms with Crippen molar-refractivity contribution in [3.8, 4) is 0 Å². The maximum absolute atomic E-state index is 10.0. The van der Waals surface area contributed by atoms with Crippen LogP contribution in [0.4, 0.5) is 0 Å². The van der Waals surface area contributed by atoms with Crippen molar-refractivity contribution in [1.82, 2.24) is 0 Å². The first-order valence-corrected chi connectivity index (χ1v) is 4.30. The molecule has 7 heteroatoms. The molecule has 93 valence electrons. The summed E-state index contributed by atoms with van der Waals surface area (Å²) in [6.07, 6.45) is 1.17. The van der Waals surface area contributed by atoms with Crippen LogP contribution >= 0.6 is 0 Å². The fourth-order valence-corrected chi connectivity index (χ4v) is 0.444. The summed E-state index contributed by atoms with van der Waals surface area (Å²) in [6.45, 7) is 1.64. The second-order valence-corrected chi connectivity index (χ2v) is 3.23. The maximum atomic E-state index is 10.0. The molecule has 0 amide bonds.